The average Bonchev–Trinajstić information content (AvgIpc) is 3.32. The Morgan fingerprint density at radius 3 is 2.52 bits per heavy atom. The molecule has 0 spiro atoms. The van der Waals surface area contributed by atoms with E-state index in [1.165, 1.54) is 0 Å². The highest BCUT2D eigenvalue weighted by molar-refractivity contribution is 7.19. The zero-order chi connectivity index (χ0) is 20.4. The van der Waals surface area contributed by atoms with Gasteiger partial charge in [0, 0.05) is 30.5 Å². The molecule has 3 aromatic heterocycles. The summed E-state index contributed by atoms with van der Waals surface area (Å²) in [7, 11) is 0. The number of carbonyl (C=O) groups is 1. The molecule has 0 radical (unpaired) electrons. The highest BCUT2D eigenvalue weighted by atomic mass is 32.1. The molecule has 3 aromatic rings. The second-order valence-electron chi connectivity index (χ2n) is 7.02. The fourth-order valence-electron chi connectivity index (χ4n) is 3.27. The molecule has 0 saturated carbocycles. The molecule has 4 rings (SSSR count). The number of aryl methyl sites for hydroxylation is 3. The number of morpholine rings is 1. The number of nitrogens with one attached hydrogen (secondary N) is 1. The third-order valence-electron chi connectivity index (χ3n) is 4.59. The van der Waals surface area contributed by atoms with Gasteiger partial charge in [0.2, 0.25) is 0 Å². The van der Waals surface area contributed by atoms with Crippen LogP contribution in [0.25, 0.3) is 10.4 Å². The molecule has 1 saturated heterocycles. The smallest absolute Gasteiger partial charge is 0.273 e. The number of hydrogen-bond acceptors (Lipinski definition) is 8. The predicted molar refractivity (Wildman–Crippen MR) is 110 cm³/mol. The first-order valence-electron chi connectivity index (χ1n) is 9.49. The van der Waals surface area contributed by atoms with Crippen LogP contribution in [0.1, 0.15) is 33.3 Å². The zero-order valence-electron chi connectivity index (χ0n) is 16.7. The van der Waals surface area contributed by atoms with Crippen molar-refractivity contribution in [2.24, 2.45) is 0 Å². The lowest BCUT2D eigenvalue weighted by atomic mass is 10.1. The monoisotopic (exact) mass is 413 g/mol. The van der Waals surface area contributed by atoms with E-state index in [0.717, 1.165) is 45.7 Å². The van der Waals surface area contributed by atoms with Crippen molar-refractivity contribution in [2.45, 2.75) is 27.3 Å². The number of rotatable bonds is 5. The van der Waals surface area contributed by atoms with E-state index in [1.54, 1.807) is 24.3 Å². The van der Waals surface area contributed by atoms with Crippen LogP contribution in [-0.4, -0.2) is 47.3 Å². The van der Waals surface area contributed by atoms with E-state index in [4.69, 9.17) is 14.2 Å². The molecule has 152 valence electrons. The van der Waals surface area contributed by atoms with E-state index >= 15 is 0 Å². The molecule has 9 heteroatoms. The molecular weight excluding hydrogens is 390 g/mol. The van der Waals surface area contributed by atoms with E-state index in [-0.39, 0.29) is 11.6 Å². The third kappa shape index (κ3) is 4.46. The summed E-state index contributed by atoms with van der Waals surface area (Å²) in [5, 5.41) is 7.62. The summed E-state index contributed by atoms with van der Waals surface area (Å²) in [4.78, 5) is 25.0. The minimum atomic E-state index is -0.282. The maximum absolute atomic E-state index is 12.4. The van der Waals surface area contributed by atoms with E-state index in [0.29, 0.717) is 25.5 Å². The van der Waals surface area contributed by atoms with E-state index in [1.807, 2.05) is 13.8 Å². The van der Waals surface area contributed by atoms with Crippen molar-refractivity contribution in [3.63, 3.8) is 0 Å². The third-order valence-corrected chi connectivity index (χ3v) is 5.80. The van der Waals surface area contributed by atoms with Gasteiger partial charge in [-0.1, -0.05) is 16.5 Å². The minimum Gasteiger partial charge on any atom is -0.378 e. The van der Waals surface area contributed by atoms with Crippen molar-refractivity contribution in [1.29, 1.82) is 0 Å². The molecular formula is C20H23N5O3S. The SMILES string of the molecule is Cc1cc(-c2sc(N3CCOCC3)nc2CNC(=O)c2cc(C)on2)cc(C)n1. The Morgan fingerprint density at radius 1 is 1.14 bits per heavy atom. The van der Waals surface area contributed by atoms with Gasteiger partial charge in [-0.2, -0.15) is 0 Å². The number of amides is 1. The summed E-state index contributed by atoms with van der Waals surface area (Å²) in [6.07, 6.45) is 0. The van der Waals surface area contributed by atoms with Crippen LogP contribution in [0.15, 0.2) is 22.7 Å². The van der Waals surface area contributed by atoms with Crippen LogP contribution in [0.4, 0.5) is 5.13 Å². The number of nitrogens with zero attached hydrogens (tertiary/aromatic N) is 4. The largest absolute Gasteiger partial charge is 0.378 e. The number of carbonyl (C=O) groups excluding carboxylic acids is 1. The topological polar surface area (TPSA) is 93.4 Å². The summed E-state index contributed by atoms with van der Waals surface area (Å²) in [6, 6.07) is 5.72. The highest BCUT2D eigenvalue weighted by Gasteiger charge is 2.21. The van der Waals surface area contributed by atoms with Gasteiger partial charge in [-0.25, -0.2) is 4.98 Å². The number of ether oxygens (including phenoxy) is 1. The minimum absolute atomic E-state index is 0.267. The van der Waals surface area contributed by atoms with Crippen molar-refractivity contribution < 1.29 is 14.1 Å². The van der Waals surface area contributed by atoms with Crippen LogP contribution >= 0.6 is 11.3 Å². The van der Waals surface area contributed by atoms with Gasteiger partial charge in [-0.3, -0.25) is 9.78 Å². The zero-order valence-corrected chi connectivity index (χ0v) is 17.5. The average molecular weight is 414 g/mol. The Labute approximate surface area is 172 Å². The standard InChI is InChI=1S/C20H23N5O3S/c1-12-8-15(9-13(2)22-12)18-17(11-21-19(26)16-10-14(3)28-24-16)23-20(29-18)25-4-6-27-7-5-25/h8-10H,4-7,11H2,1-3H3,(H,21,26). The molecule has 1 N–H and O–H groups in total. The van der Waals surface area contributed by atoms with E-state index in [2.05, 4.69) is 32.5 Å². The van der Waals surface area contributed by atoms with Crippen LogP contribution in [0.5, 0.6) is 0 Å². The van der Waals surface area contributed by atoms with Gasteiger partial charge < -0.3 is 19.5 Å². The van der Waals surface area contributed by atoms with Gasteiger partial charge in [0.15, 0.2) is 10.8 Å². The first-order chi connectivity index (χ1) is 14.0. The van der Waals surface area contributed by atoms with Crippen molar-refractivity contribution in [3.8, 4) is 10.4 Å². The van der Waals surface area contributed by atoms with Crippen LogP contribution in [0, 0.1) is 20.8 Å². The number of aromatic nitrogens is 3. The molecule has 29 heavy (non-hydrogen) atoms. The van der Waals surface area contributed by atoms with Crippen LogP contribution < -0.4 is 10.2 Å². The Balaban J connectivity index is 1.63. The number of hydrogen-bond donors (Lipinski definition) is 1. The maximum Gasteiger partial charge on any atom is 0.273 e. The van der Waals surface area contributed by atoms with E-state index in [9.17, 15) is 4.79 Å². The quantitative estimate of drug-likeness (QED) is 0.687. The molecule has 1 aliphatic heterocycles. The van der Waals surface area contributed by atoms with Gasteiger partial charge in [0.05, 0.1) is 30.3 Å². The molecule has 1 amide bonds. The molecule has 0 unspecified atom stereocenters. The van der Waals surface area contributed by atoms with Crippen LogP contribution in [0.3, 0.4) is 0 Å². The number of thiazole rings is 1. The molecule has 0 bridgehead atoms. The molecule has 0 atom stereocenters. The summed E-state index contributed by atoms with van der Waals surface area (Å²) < 4.78 is 10.4. The Kier molecular flexibility index (Phi) is 5.59. The van der Waals surface area contributed by atoms with Crippen molar-refractivity contribution in [1.82, 2.24) is 20.4 Å². The van der Waals surface area contributed by atoms with Crippen LogP contribution in [0.2, 0.25) is 0 Å². The molecule has 4 heterocycles. The van der Waals surface area contributed by atoms with Gasteiger partial charge in [0.25, 0.3) is 5.91 Å². The molecule has 0 aromatic carbocycles. The number of pyridine rings is 1. The fraction of sp³-hybridized carbons (Fsp3) is 0.400. The fourth-order valence-corrected chi connectivity index (χ4v) is 4.39. The van der Waals surface area contributed by atoms with Crippen molar-refractivity contribution >= 4 is 22.4 Å². The second kappa shape index (κ2) is 8.30. The van der Waals surface area contributed by atoms with E-state index < -0.39 is 0 Å². The Bertz CT molecular complexity index is 1000. The first-order valence-corrected chi connectivity index (χ1v) is 10.3. The van der Waals surface area contributed by atoms with Gasteiger partial charge in [0.1, 0.15) is 5.76 Å². The molecule has 0 aliphatic carbocycles. The van der Waals surface area contributed by atoms with Crippen LogP contribution in [-0.2, 0) is 11.3 Å². The molecule has 8 nitrogen and oxygen atoms in total. The first kappa shape index (κ1) is 19.5. The van der Waals surface area contributed by atoms with Gasteiger partial charge in [-0.05, 0) is 38.5 Å². The van der Waals surface area contributed by atoms with Gasteiger partial charge in [-0.15, -0.1) is 0 Å². The Morgan fingerprint density at radius 2 is 1.86 bits per heavy atom. The second-order valence-corrected chi connectivity index (χ2v) is 7.99. The van der Waals surface area contributed by atoms with Crippen molar-refractivity contribution in [2.75, 3.05) is 31.2 Å². The highest BCUT2D eigenvalue weighted by Crippen LogP contribution is 2.36. The number of anilines is 1. The lowest BCUT2D eigenvalue weighted by molar-refractivity contribution is 0.0941. The normalized spacial score (nSPS) is 14.2. The summed E-state index contributed by atoms with van der Waals surface area (Å²) >= 11 is 1.63. The van der Waals surface area contributed by atoms with Crippen molar-refractivity contribution in [3.05, 3.63) is 46.7 Å². The summed E-state index contributed by atoms with van der Waals surface area (Å²) in [5.41, 5.74) is 4.07. The Hall–Kier alpha value is -2.78. The predicted octanol–water partition coefficient (Wildman–Crippen LogP) is 2.88. The molecule has 1 fully saturated rings. The maximum atomic E-state index is 12.4. The molecule has 1 aliphatic rings. The lowest BCUT2D eigenvalue weighted by Gasteiger charge is -2.26. The lowest BCUT2D eigenvalue weighted by Crippen LogP contribution is -2.36. The van der Waals surface area contributed by atoms with Gasteiger partial charge >= 0.3 is 0 Å². The summed E-state index contributed by atoms with van der Waals surface area (Å²) in [6.45, 7) is 9.03. The summed E-state index contributed by atoms with van der Waals surface area (Å²) in [5.74, 6) is 0.317.